The van der Waals surface area contributed by atoms with Crippen LogP contribution in [0.25, 0.3) is 0 Å². The van der Waals surface area contributed by atoms with Gasteiger partial charge in [0.1, 0.15) is 0 Å². The van der Waals surface area contributed by atoms with Crippen LogP contribution in [0.2, 0.25) is 0 Å². The SMILES string of the molecule is C.CC(C)[C@@H](NCC1=CCCC(CO)=N1)C(=O)N1CCC(C2CCC(Cl)CC2)C(C)(C)C1.O.O.O. The molecule has 2 fully saturated rings. The van der Waals surface area contributed by atoms with E-state index in [0.29, 0.717) is 17.8 Å². The van der Waals surface area contributed by atoms with Gasteiger partial charge in [0, 0.05) is 30.7 Å². The number of carbonyl (C=O) groups is 1. The molecule has 3 aliphatic rings. The van der Waals surface area contributed by atoms with Crippen LogP contribution in [0.5, 0.6) is 0 Å². The molecule has 208 valence electrons. The molecular formula is C26H52ClN3O5. The molecule has 0 bridgehead atoms. The average Bonchev–Trinajstić information content (AvgIpc) is 2.74. The van der Waals surface area contributed by atoms with E-state index in [-0.39, 0.29) is 53.7 Å². The Balaban J connectivity index is 0. The Labute approximate surface area is 217 Å². The number of likely N-dealkylation sites (tertiary alicyclic amines) is 1. The fourth-order valence-electron chi connectivity index (χ4n) is 5.87. The number of rotatable bonds is 7. The molecule has 2 aliphatic heterocycles. The van der Waals surface area contributed by atoms with Crippen LogP contribution in [0.1, 0.15) is 80.1 Å². The lowest BCUT2D eigenvalue weighted by Gasteiger charge is -2.49. The average molecular weight is 522 g/mol. The van der Waals surface area contributed by atoms with E-state index in [1.165, 1.54) is 12.8 Å². The molecule has 0 aromatic rings. The third-order valence-electron chi connectivity index (χ3n) is 7.63. The van der Waals surface area contributed by atoms with E-state index < -0.39 is 0 Å². The summed E-state index contributed by atoms with van der Waals surface area (Å²) in [7, 11) is 0. The normalized spacial score (nSPS) is 26.6. The van der Waals surface area contributed by atoms with Crippen molar-refractivity contribution in [2.45, 2.75) is 91.5 Å². The Morgan fingerprint density at radius 3 is 2.37 bits per heavy atom. The highest BCUT2D eigenvalue weighted by molar-refractivity contribution is 6.20. The van der Waals surface area contributed by atoms with Crippen molar-refractivity contribution in [2.24, 2.45) is 28.2 Å². The lowest BCUT2D eigenvalue weighted by Crippen LogP contribution is -2.56. The van der Waals surface area contributed by atoms with Crippen LogP contribution >= 0.6 is 11.6 Å². The first kappa shape index (κ1) is 36.1. The Hall–Kier alpha value is -1.03. The number of carbonyl (C=O) groups excluding carboxylic acids is 1. The van der Waals surface area contributed by atoms with E-state index in [1.54, 1.807) is 0 Å². The van der Waals surface area contributed by atoms with Crippen molar-refractivity contribution in [3.63, 3.8) is 0 Å². The maximum absolute atomic E-state index is 13.5. The number of alkyl halides is 1. The van der Waals surface area contributed by atoms with Crippen LogP contribution < -0.4 is 5.32 Å². The standard InChI is InChI=1S/C25H42ClN3O2.CH4.3H2O/c1-17(2)23(27-14-20-6-5-7-21(15-30)28-20)24(31)29-13-12-22(25(3,4)16-29)18-8-10-19(26)11-9-18;;;;/h6,17-19,22-23,27,30H,5,7-16H2,1-4H3;1H4;3*1H2/t18?,19?,22?,23-;;;;/m1..../s1. The molecular weight excluding hydrogens is 470 g/mol. The van der Waals surface area contributed by atoms with Crippen LogP contribution in [0.3, 0.4) is 0 Å². The molecule has 8 N–H and O–H groups in total. The van der Waals surface area contributed by atoms with E-state index in [9.17, 15) is 9.90 Å². The third kappa shape index (κ3) is 9.41. The molecule has 1 unspecified atom stereocenters. The number of amides is 1. The van der Waals surface area contributed by atoms with Gasteiger partial charge in [-0.15, -0.1) is 11.6 Å². The first-order valence-electron chi connectivity index (χ1n) is 12.2. The Morgan fingerprint density at radius 1 is 1.20 bits per heavy atom. The van der Waals surface area contributed by atoms with Gasteiger partial charge in [0.05, 0.1) is 18.3 Å². The van der Waals surface area contributed by atoms with Crippen molar-refractivity contribution in [1.29, 1.82) is 0 Å². The van der Waals surface area contributed by atoms with Crippen molar-refractivity contribution in [2.75, 3.05) is 26.2 Å². The lowest BCUT2D eigenvalue weighted by molar-refractivity contribution is -0.140. The van der Waals surface area contributed by atoms with Crippen LogP contribution in [0.15, 0.2) is 16.8 Å². The summed E-state index contributed by atoms with van der Waals surface area (Å²) >= 11 is 6.34. The number of aliphatic hydroxyl groups excluding tert-OH is 1. The molecule has 1 amide bonds. The summed E-state index contributed by atoms with van der Waals surface area (Å²) in [5, 5.41) is 13.2. The summed E-state index contributed by atoms with van der Waals surface area (Å²) in [6.07, 6.45) is 9.67. The number of halogens is 1. The summed E-state index contributed by atoms with van der Waals surface area (Å²) in [4.78, 5) is 20.1. The quantitative estimate of drug-likeness (QED) is 0.493. The van der Waals surface area contributed by atoms with Crippen molar-refractivity contribution in [3.05, 3.63) is 11.8 Å². The number of hydrogen-bond donors (Lipinski definition) is 2. The number of aliphatic hydroxyl groups is 1. The van der Waals surface area contributed by atoms with Crippen LogP contribution in [0.4, 0.5) is 0 Å². The van der Waals surface area contributed by atoms with Gasteiger partial charge in [0.2, 0.25) is 5.91 Å². The van der Waals surface area contributed by atoms with E-state index in [2.05, 4.69) is 49.0 Å². The summed E-state index contributed by atoms with van der Waals surface area (Å²) in [5.74, 6) is 1.84. The van der Waals surface area contributed by atoms with Crippen LogP contribution in [-0.4, -0.2) is 75.7 Å². The Morgan fingerprint density at radius 2 is 1.83 bits per heavy atom. The molecule has 0 radical (unpaired) electrons. The minimum Gasteiger partial charge on any atom is -0.412 e. The minimum atomic E-state index is -0.213. The molecule has 0 aromatic carbocycles. The number of nitrogens with one attached hydrogen (secondary N) is 1. The fourth-order valence-corrected chi connectivity index (χ4v) is 6.12. The predicted molar refractivity (Wildman–Crippen MR) is 146 cm³/mol. The highest BCUT2D eigenvalue weighted by Crippen LogP contribution is 2.45. The molecule has 0 aromatic heterocycles. The second-order valence-corrected chi connectivity index (χ2v) is 11.4. The number of hydrogen-bond acceptors (Lipinski definition) is 4. The fraction of sp³-hybridized carbons (Fsp3) is 0.846. The first-order chi connectivity index (χ1) is 14.7. The van der Waals surface area contributed by atoms with Crippen molar-refractivity contribution >= 4 is 23.2 Å². The summed E-state index contributed by atoms with van der Waals surface area (Å²) in [6.45, 7) is 11.2. The van der Waals surface area contributed by atoms with Gasteiger partial charge in [-0.2, -0.15) is 0 Å². The number of piperidine rings is 1. The zero-order valence-electron chi connectivity index (χ0n) is 21.4. The molecule has 9 heteroatoms. The van der Waals surface area contributed by atoms with Crippen molar-refractivity contribution < 1.29 is 26.3 Å². The summed E-state index contributed by atoms with van der Waals surface area (Å²) in [6, 6.07) is -0.213. The van der Waals surface area contributed by atoms with Gasteiger partial charge in [-0.3, -0.25) is 15.1 Å². The van der Waals surface area contributed by atoms with Gasteiger partial charge >= 0.3 is 0 Å². The van der Waals surface area contributed by atoms with Gasteiger partial charge < -0.3 is 26.4 Å². The zero-order chi connectivity index (χ0) is 22.6. The highest BCUT2D eigenvalue weighted by atomic mass is 35.5. The summed E-state index contributed by atoms with van der Waals surface area (Å²) in [5.41, 5.74) is 1.90. The number of nitrogens with zero attached hydrogens (tertiary/aromatic N) is 2. The molecule has 0 spiro atoms. The second kappa shape index (κ2) is 15.9. The van der Waals surface area contributed by atoms with Gasteiger partial charge in [0.25, 0.3) is 0 Å². The molecule has 1 aliphatic carbocycles. The predicted octanol–water partition coefficient (Wildman–Crippen LogP) is 2.55. The smallest absolute Gasteiger partial charge is 0.239 e. The third-order valence-corrected chi connectivity index (χ3v) is 8.06. The maximum Gasteiger partial charge on any atom is 0.239 e. The second-order valence-electron chi connectivity index (χ2n) is 10.8. The van der Waals surface area contributed by atoms with Crippen LogP contribution in [-0.2, 0) is 4.79 Å². The largest absolute Gasteiger partial charge is 0.412 e. The molecule has 1 saturated heterocycles. The van der Waals surface area contributed by atoms with Gasteiger partial charge in [0.15, 0.2) is 0 Å². The topological polar surface area (TPSA) is 159 Å². The van der Waals surface area contributed by atoms with Gasteiger partial charge in [-0.05, 0) is 68.1 Å². The van der Waals surface area contributed by atoms with E-state index in [4.69, 9.17) is 11.6 Å². The molecule has 3 rings (SSSR count). The van der Waals surface area contributed by atoms with Crippen molar-refractivity contribution in [1.82, 2.24) is 10.2 Å². The molecule has 2 atom stereocenters. The molecule has 35 heavy (non-hydrogen) atoms. The highest BCUT2D eigenvalue weighted by Gasteiger charge is 2.43. The number of aliphatic imine (C=N–C) groups is 1. The first-order valence-corrected chi connectivity index (χ1v) is 12.7. The minimum absolute atomic E-state index is 0. The Bertz CT molecular complexity index is 690. The van der Waals surface area contributed by atoms with Crippen LogP contribution in [0, 0.1) is 23.2 Å². The zero-order valence-corrected chi connectivity index (χ0v) is 22.1. The molecule has 1 saturated carbocycles. The van der Waals surface area contributed by atoms with Gasteiger partial charge in [-0.1, -0.05) is 41.2 Å². The monoisotopic (exact) mass is 521 g/mol. The number of allylic oxidation sites excluding steroid dienone is 1. The van der Waals surface area contributed by atoms with E-state index in [0.717, 1.165) is 62.5 Å². The van der Waals surface area contributed by atoms with E-state index >= 15 is 0 Å². The molecule has 2 heterocycles. The maximum atomic E-state index is 13.5. The lowest BCUT2D eigenvalue weighted by atomic mass is 9.64. The van der Waals surface area contributed by atoms with Gasteiger partial charge in [-0.25, -0.2) is 0 Å². The molecule has 8 nitrogen and oxygen atoms in total. The van der Waals surface area contributed by atoms with E-state index in [1.807, 2.05) is 0 Å². The van der Waals surface area contributed by atoms with Crippen molar-refractivity contribution in [3.8, 4) is 0 Å². The Kier molecular flexibility index (Phi) is 16.5. The summed E-state index contributed by atoms with van der Waals surface area (Å²) < 4.78 is 0.